The van der Waals surface area contributed by atoms with Crippen LogP contribution in [0.15, 0.2) is 29.2 Å². The number of piperidine rings is 1. The van der Waals surface area contributed by atoms with Gasteiger partial charge in [0.15, 0.2) is 0 Å². The molecule has 1 aromatic carbocycles. The lowest BCUT2D eigenvalue weighted by Crippen LogP contribution is -2.41. The molecule has 0 amide bonds. The first-order valence-electron chi connectivity index (χ1n) is 7.41. The summed E-state index contributed by atoms with van der Waals surface area (Å²) in [6, 6.07) is 5.85. The molecule has 2 unspecified atom stereocenters. The third-order valence-corrected chi connectivity index (χ3v) is 6.50. The van der Waals surface area contributed by atoms with Crippen LogP contribution in [-0.4, -0.2) is 61.4 Å². The van der Waals surface area contributed by atoms with E-state index in [4.69, 9.17) is 5.11 Å². The summed E-state index contributed by atoms with van der Waals surface area (Å²) in [6.45, 7) is 1.92. The fourth-order valence-electron chi connectivity index (χ4n) is 3.41. The molecule has 3 aliphatic rings. The van der Waals surface area contributed by atoms with Crippen molar-refractivity contribution in [3.05, 3.63) is 29.8 Å². The molecule has 1 aromatic rings. The minimum atomic E-state index is -3.65. The highest BCUT2D eigenvalue weighted by Crippen LogP contribution is 2.30. The van der Waals surface area contributed by atoms with Crippen molar-refractivity contribution in [1.82, 2.24) is 9.21 Å². The molecule has 3 saturated heterocycles. The van der Waals surface area contributed by atoms with Crippen molar-refractivity contribution in [1.29, 1.82) is 0 Å². The van der Waals surface area contributed by atoms with Gasteiger partial charge in [0.25, 0.3) is 0 Å². The molecule has 0 saturated carbocycles. The van der Waals surface area contributed by atoms with Crippen molar-refractivity contribution >= 4 is 16.0 Å². The maximum absolute atomic E-state index is 12.9. The van der Waals surface area contributed by atoms with Crippen molar-refractivity contribution in [2.24, 2.45) is 5.92 Å². The van der Waals surface area contributed by atoms with E-state index in [1.54, 1.807) is 0 Å². The van der Waals surface area contributed by atoms with Crippen LogP contribution in [0.25, 0.3) is 0 Å². The smallest absolute Gasteiger partial charge is 0.335 e. The average molecular weight is 324 g/mol. The van der Waals surface area contributed by atoms with E-state index in [1.165, 1.54) is 28.6 Å². The molecular formula is C15H20N2O4S. The van der Waals surface area contributed by atoms with Crippen LogP contribution in [-0.2, 0) is 10.0 Å². The fraction of sp³-hybridized carbons (Fsp3) is 0.533. The Morgan fingerprint density at radius 1 is 1.23 bits per heavy atom. The van der Waals surface area contributed by atoms with Crippen LogP contribution in [0, 0.1) is 5.92 Å². The molecule has 0 aliphatic carbocycles. The number of benzene rings is 1. The van der Waals surface area contributed by atoms with Crippen LogP contribution < -0.4 is 0 Å². The Labute approximate surface area is 130 Å². The predicted octanol–water partition coefficient (Wildman–Crippen LogP) is 1.10. The van der Waals surface area contributed by atoms with Gasteiger partial charge in [-0.2, -0.15) is 4.31 Å². The molecule has 120 valence electrons. The lowest BCUT2D eigenvalue weighted by atomic mass is 9.96. The Balaban J connectivity index is 1.93. The molecular weight excluding hydrogens is 304 g/mol. The molecule has 0 radical (unpaired) electrons. The van der Waals surface area contributed by atoms with Crippen LogP contribution in [0.4, 0.5) is 0 Å². The standard InChI is InChI=1S/C15H20N2O4S/c1-16-8-11-5-6-13(16)10-17(9-11)22(20,21)14-4-2-3-12(7-14)15(18)19/h2-4,7,11,13H,5-6,8-10H2,1H3,(H,18,19). The number of sulfonamides is 1. The topological polar surface area (TPSA) is 77.9 Å². The van der Waals surface area contributed by atoms with Crippen LogP contribution in [0.3, 0.4) is 0 Å². The zero-order chi connectivity index (χ0) is 15.9. The second kappa shape index (κ2) is 5.64. The summed E-state index contributed by atoms with van der Waals surface area (Å²) in [5.41, 5.74) is -0.00372. The Hall–Kier alpha value is -1.44. The molecule has 2 atom stereocenters. The number of carbonyl (C=O) groups is 1. The van der Waals surface area contributed by atoms with Gasteiger partial charge in [-0.1, -0.05) is 6.07 Å². The first kappa shape index (κ1) is 15.5. The van der Waals surface area contributed by atoms with Gasteiger partial charge in [-0.25, -0.2) is 13.2 Å². The number of likely N-dealkylation sites (N-methyl/N-ethyl adjacent to an activating group) is 1. The summed E-state index contributed by atoms with van der Waals surface area (Å²) in [5.74, 6) is -0.770. The van der Waals surface area contributed by atoms with E-state index in [0.717, 1.165) is 19.4 Å². The van der Waals surface area contributed by atoms with Gasteiger partial charge in [0, 0.05) is 25.7 Å². The lowest BCUT2D eigenvalue weighted by molar-refractivity contribution is 0.0696. The van der Waals surface area contributed by atoms with Gasteiger partial charge in [-0.3, -0.25) is 0 Å². The van der Waals surface area contributed by atoms with Crippen LogP contribution in [0.1, 0.15) is 23.2 Å². The summed E-state index contributed by atoms with van der Waals surface area (Å²) in [5, 5.41) is 9.04. The van der Waals surface area contributed by atoms with E-state index in [0.29, 0.717) is 19.0 Å². The van der Waals surface area contributed by atoms with Crippen LogP contribution in [0.5, 0.6) is 0 Å². The second-order valence-corrected chi connectivity index (χ2v) is 8.13. The number of hydrogen-bond acceptors (Lipinski definition) is 4. The summed E-state index contributed by atoms with van der Waals surface area (Å²) < 4.78 is 27.2. The molecule has 7 heteroatoms. The minimum Gasteiger partial charge on any atom is -0.478 e. The quantitative estimate of drug-likeness (QED) is 0.901. The highest BCUT2D eigenvalue weighted by molar-refractivity contribution is 7.89. The maximum Gasteiger partial charge on any atom is 0.335 e. The second-order valence-electron chi connectivity index (χ2n) is 6.19. The van der Waals surface area contributed by atoms with E-state index in [-0.39, 0.29) is 16.5 Å². The molecule has 0 aromatic heterocycles. The first-order valence-corrected chi connectivity index (χ1v) is 8.85. The number of carboxylic acids is 1. The van der Waals surface area contributed by atoms with E-state index in [2.05, 4.69) is 4.90 Å². The van der Waals surface area contributed by atoms with Gasteiger partial charge in [0.1, 0.15) is 0 Å². The molecule has 6 nitrogen and oxygen atoms in total. The lowest BCUT2D eigenvalue weighted by Gasteiger charge is -2.32. The monoisotopic (exact) mass is 324 g/mol. The average Bonchev–Trinajstić information content (AvgIpc) is 2.79. The van der Waals surface area contributed by atoms with E-state index < -0.39 is 16.0 Å². The largest absolute Gasteiger partial charge is 0.478 e. The Morgan fingerprint density at radius 2 is 2.00 bits per heavy atom. The van der Waals surface area contributed by atoms with E-state index >= 15 is 0 Å². The van der Waals surface area contributed by atoms with Gasteiger partial charge < -0.3 is 10.0 Å². The summed E-state index contributed by atoms with van der Waals surface area (Å²) in [7, 11) is -1.61. The van der Waals surface area contributed by atoms with Crippen molar-refractivity contribution in [2.45, 2.75) is 23.8 Å². The number of hydrogen-bond donors (Lipinski definition) is 1. The molecule has 3 heterocycles. The SMILES string of the molecule is CN1CC2CCC1CN(S(=O)(=O)c1cccc(C(=O)O)c1)C2. The van der Waals surface area contributed by atoms with Gasteiger partial charge >= 0.3 is 5.97 Å². The number of rotatable bonds is 3. The highest BCUT2D eigenvalue weighted by atomic mass is 32.2. The van der Waals surface area contributed by atoms with Crippen molar-refractivity contribution in [2.75, 3.05) is 26.7 Å². The fourth-order valence-corrected chi connectivity index (χ4v) is 5.01. The van der Waals surface area contributed by atoms with Crippen molar-refractivity contribution in [3.8, 4) is 0 Å². The summed E-state index contributed by atoms with van der Waals surface area (Å²) in [4.78, 5) is 13.4. The zero-order valence-corrected chi connectivity index (χ0v) is 13.3. The maximum atomic E-state index is 12.9. The van der Waals surface area contributed by atoms with Gasteiger partial charge in [0.05, 0.1) is 10.5 Å². The van der Waals surface area contributed by atoms with E-state index in [1.807, 2.05) is 7.05 Å². The molecule has 22 heavy (non-hydrogen) atoms. The molecule has 0 spiro atoms. The first-order chi connectivity index (χ1) is 10.4. The normalized spacial score (nSPS) is 26.8. The molecule has 4 rings (SSSR count). The highest BCUT2D eigenvalue weighted by Gasteiger charge is 2.38. The van der Waals surface area contributed by atoms with Crippen LogP contribution >= 0.6 is 0 Å². The minimum absolute atomic E-state index is 0.00372. The summed E-state index contributed by atoms with van der Waals surface area (Å²) >= 11 is 0. The number of nitrogens with zero attached hydrogens (tertiary/aromatic N) is 2. The van der Waals surface area contributed by atoms with Crippen molar-refractivity contribution < 1.29 is 18.3 Å². The molecule has 1 N–H and O–H groups in total. The number of carboxylic acid groups (broad SMARTS) is 1. The Kier molecular flexibility index (Phi) is 3.96. The number of aromatic carboxylic acids is 1. The van der Waals surface area contributed by atoms with Gasteiger partial charge in [-0.15, -0.1) is 0 Å². The zero-order valence-electron chi connectivity index (χ0n) is 12.5. The molecule has 2 bridgehead atoms. The summed E-state index contributed by atoms with van der Waals surface area (Å²) in [6.07, 6.45) is 2.07. The molecule has 3 fully saturated rings. The van der Waals surface area contributed by atoms with Gasteiger partial charge in [-0.05, 0) is 44.0 Å². The molecule has 3 aliphatic heterocycles. The number of fused-ring (bicyclic) bond motifs is 4. The third kappa shape index (κ3) is 2.76. The van der Waals surface area contributed by atoms with Crippen molar-refractivity contribution in [3.63, 3.8) is 0 Å². The predicted molar refractivity (Wildman–Crippen MR) is 81.3 cm³/mol. The van der Waals surface area contributed by atoms with Crippen LogP contribution in [0.2, 0.25) is 0 Å². The van der Waals surface area contributed by atoms with E-state index in [9.17, 15) is 13.2 Å². The third-order valence-electron chi connectivity index (χ3n) is 4.67. The Morgan fingerprint density at radius 3 is 2.68 bits per heavy atom. The Bertz CT molecular complexity index is 689. The van der Waals surface area contributed by atoms with Gasteiger partial charge in [0.2, 0.25) is 10.0 Å².